The second-order valence-corrected chi connectivity index (χ2v) is 18.4. The summed E-state index contributed by atoms with van der Waals surface area (Å²) >= 11 is 3.76. The lowest BCUT2D eigenvalue weighted by Gasteiger charge is -2.45. The van der Waals surface area contributed by atoms with E-state index >= 15 is 0 Å². The molecule has 2 nitrogen and oxygen atoms in total. The summed E-state index contributed by atoms with van der Waals surface area (Å²) in [6, 6.07) is 26.9. The van der Waals surface area contributed by atoms with Crippen molar-refractivity contribution in [2.45, 2.75) is 65.3 Å². The van der Waals surface area contributed by atoms with Crippen LogP contribution in [0.1, 0.15) is 31.2 Å². The highest BCUT2D eigenvalue weighted by Crippen LogP contribution is 2.46. The van der Waals surface area contributed by atoms with E-state index < -0.39 is 8.07 Å². The topological polar surface area (TPSA) is 23.5 Å². The SMILES string of the molecule is Cc1cc2c3c(c1)Sc1ccc(O)cc1B3c1ccc(N3C4=C(CCCC4)[Si](C)(C)c4ccccc43)cc1S2. The minimum atomic E-state index is -1.68. The Hall–Kier alpha value is -2.80. The molecule has 0 saturated heterocycles. The fraction of sp³-hybridized carbons (Fsp3) is 0.212. The molecule has 0 amide bonds. The lowest BCUT2D eigenvalue weighted by molar-refractivity contribution is 0.475. The number of allylic oxidation sites excluding steroid dienone is 2. The maximum Gasteiger partial charge on any atom is 0.247 e. The normalized spacial score (nSPS) is 18.1. The van der Waals surface area contributed by atoms with E-state index in [2.05, 4.69) is 85.6 Å². The van der Waals surface area contributed by atoms with Gasteiger partial charge in [0.15, 0.2) is 0 Å². The van der Waals surface area contributed by atoms with E-state index in [9.17, 15) is 5.11 Å². The molecule has 192 valence electrons. The lowest BCUT2D eigenvalue weighted by Crippen LogP contribution is -2.58. The second kappa shape index (κ2) is 8.60. The van der Waals surface area contributed by atoms with Gasteiger partial charge in [-0.15, -0.1) is 0 Å². The molecule has 4 aromatic carbocycles. The minimum Gasteiger partial charge on any atom is -0.508 e. The van der Waals surface area contributed by atoms with E-state index in [-0.39, 0.29) is 6.71 Å². The van der Waals surface area contributed by atoms with Crippen molar-refractivity contribution >= 4 is 71.3 Å². The van der Waals surface area contributed by atoms with Gasteiger partial charge in [0, 0.05) is 36.7 Å². The van der Waals surface area contributed by atoms with Crippen LogP contribution in [-0.2, 0) is 0 Å². The molecule has 3 heterocycles. The summed E-state index contributed by atoms with van der Waals surface area (Å²) in [7, 11) is -1.68. The van der Waals surface area contributed by atoms with Crippen LogP contribution >= 0.6 is 23.5 Å². The van der Waals surface area contributed by atoms with Crippen LogP contribution in [0.2, 0.25) is 13.1 Å². The first-order chi connectivity index (χ1) is 18.9. The van der Waals surface area contributed by atoms with Crippen LogP contribution in [0, 0.1) is 6.92 Å². The first kappa shape index (κ1) is 24.0. The van der Waals surface area contributed by atoms with Crippen LogP contribution < -0.4 is 26.5 Å². The van der Waals surface area contributed by atoms with Crippen LogP contribution in [0.25, 0.3) is 0 Å². The molecule has 4 aromatic rings. The smallest absolute Gasteiger partial charge is 0.247 e. The Labute approximate surface area is 240 Å². The van der Waals surface area contributed by atoms with E-state index in [1.165, 1.54) is 78.6 Å². The Kier molecular flexibility index (Phi) is 5.30. The highest BCUT2D eigenvalue weighted by molar-refractivity contribution is 8.01. The van der Waals surface area contributed by atoms with Crippen LogP contribution in [0.15, 0.2) is 103 Å². The summed E-state index contributed by atoms with van der Waals surface area (Å²) in [4.78, 5) is 7.89. The number of nitrogens with zero attached hydrogens (tertiary/aromatic N) is 1. The summed E-state index contributed by atoms with van der Waals surface area (Å²) in [5.74, 6) is 0.344. The quantitative estimate of drug-likeness (QED) is 0.230. The van der Waals surface area contributed by atoms with Gasteiger partial charge in [-0.05, 0) is 97.4 Å². The number of hydrogen-bond donors (Lipinski definition) is 1. The first-order valence-corrected chi connectivity index (χ1v) is 18.6. The molecule has 0 radical (unpaired) electrons. The third kappa shape index (κ3) is 3.51. The van der Waals surface area contributed by atoms with Gasteiger partial charge in [-0.3, -0.25) is 0 Å². The Morgan fingerprint density at radius 2 is 1.56 bits per heavy atom. The molecule has 4 aliphatic rings. The van der Waals surface area contributed by atoms with Crippen molar-refractivity contribution in [1.29, 1.82) is 0 Å². The minimum absolute atomic E-state index is 0.147. The molecule has 8 rings (SSSR count). The number of aryl methyl sites for hydroxylation is 1. The van der Waals surface area contributed by atoms with Crippen LogP contribution in [0.4, 0.5) is 11.4 Å². The number of hydrogen-bond acceptors (Lipinski definition) is 4. The van der Waals surface area contributed by atoms with Crippen molar-refractivity contribution < 1.29 is 5.11 Å². The number of phenols is 1. The van der Waals surface area contributed by atoms with Crippen molar-refractivity contribution in [3.63, 3.8) is 0 Å². The molecule has 6 heteroatoms. The molecule has 0 atom stereocenters. The Bertz CT molecular complexity index is 1750. The monoisotopic (exact) mass is 559 g/mol. The van der Waals surface area contributed by atoms with Gasteiger partial charge in [0.1, 0.15) is 13.8 Å². The molecule has 0 aromatic heterocycles. The standard InChI is InChI=1S/C33H30BNOS2Si/c1-20-16-29-33-30(17-20)38-28-18-21(12-14-23(28)34(33)24-19-22(36)13-15-27(24)37-29)35-25-8-4-6-10-31(25)39(2,3)32-11-7-5-9-26(32)35/h4,6,8,10,12-19,36H,5,7,9,11H2,1-3H3. The maximum atomic E-state index is 10.5. The van der Waals surface area contributed by atoms with Gasteiger partial charge in [-0.1, -0.05) is 77.0 Å². The number of para-hydroxylation sites is 1. The maximum absolute atomic E-state index is 10.5. The summed E-state index contributed by atoms with van der Waals surface area (Å²) in [6.45, 7) is 7.46. The third-order valence-corrected chi connectivity index (χ3v) is 15.2. The summed E-state index contributed by atoms with van der Waals surface area (Å²) in [5.41, 5.74) is 9.52. The number of anilines is 2. The van der Waals surface area contributed by atoms with Gasteiger partial charge >= 0.3 is 0 Å². The zero-order chi connectivity index (χ0) is 26.5. The summed E-state index contributed by atoms with van der Waals surface area (Å²) < 4.78 is 0. The number of aromatic hydroxyl groups is 1. The average molecular weight is 560 g/mol. The molecule has 0 fully saturated rings. The van der Waals surface area contributed by atoms with Crippen molar-refractivity contribution in [2.24, 2.45) is 0 Å². The highest BCUT2D eigenvalue weighted by Gasteiger charge is 2.42. The summed E-state index contributed by atoms with van der Waals surface area (Å²) in [6.07, 6.45) is 5.00. The molecule has 39 heavy (non-hydrogen) atoms. The van der Waals surface area contributed by atoms with Gasteiger partial charge in [0.05, 0.1) is 0 Å². The van der Waals surface area contributed by atoms with Crippen molar-refractivity contribution in [3.8, 4) is 5.75 Å². The molecule has 1 N–H and O–H groups in total. The van der Waals surface area contributed by atoms with E-state index in [0.717, 1.165) is 0 Å². The summed E-state index contributed by atoms with van der Waals surface area (Å²) in [5, 5.41) is 13.8. The second-order valence-electron chi connectivity index (χ2n) is 11.9. The fourth-order valence-corrected chi connectivity index (χ4v) is 13.4. The lowest BCUT2D eigenvalue weighted by atomic mass is 9.36. The Balaban J connectivity index is 1.33. The molecule has 0 saturated carbocycles. The van der Waals surface area contributed by atoms with Crippen LogP contribution in [-0.4, -0.2) is 19.9 Å². The van der Waals surface area contributed by atoms with Crippen molar-refractivity contribution in [3.05, 3.63) is 89.3 Å². The van der Waals surface area contributed by atoms with Crippen LogP contribution in [0.5, 0.6) is 5.75 Å². The number of benzene rings is 4. The van der Waals surface area contributed by atoms with E-state index in [4.69, 9.17) is 0 Å². The zero-order valence-electron chi connectivity index (χ0n) is 22.5. The zero-order valence-corrected chi connectivity index (χ0v) is 25.2. The molecular weight excluding hydrogens is 529 g/mol. The van der Waals surface area contributed by atoms with Crippen molar-refractivity contribution in [2.75, 3.05) is 4.90 Å². The van der Waals surface area contributed by atoms with E-state index in [1.54, 1.807) is 16.1 Å². The largest absolute Gasteiger partial charge is 0.508 e. The van der Waals surface area contributed by atoms with Gasteiger partial charge in [-0.2, -0.15) is 0 Å². The van der Waals surface area contributed by atoms with Gasteiger partial charge in [-0.25, -0.2) is 0 Å². The Morgan fingerprint density at radius 1 is 0.795 bits per heavy atom. The molecule has 0 unspecified atom stereocenters. The van der Waals surface area contributed by atoms with Gasteiger partial charge in [0.25, 0.3) is 0 Å². The molecule has 1 aliphatic carbocycles. The highest BCUT2D eigenvalue weighted by atomic mass is 32.2. The number of fused-ring (bicyclic) bond motifs is 5. The van der Waals surface area contributed by atoms with Gasteiger partial charge < -0.3 is 10.0 Å². The third-order valence-electron chi connectivity index (χ3n) is 9.13. The van der Waals surface area contributed by atoms with Crippen molar-refractivity contribution in [1.82, 2.24) is 0 Å². The molecule has 0 spiro atoms. The Morgan fingerprint density at radius 3 is 2.41 bits per heavy atom. The first-order valence-electron chi connectivity index (χ1n) is 14.0. The van der Waals surface area contributed by atoms with Crippen LogP contribution in [0.3, 0.4) is 0 Å². The molecule has 0 bridgehead atoms. The average Bonchev–Trinajstić information content (AvgIpc) is 2.93. The molecular formula is C33H30BNOS2Si. The fourth-order valence-electron chi connectivity index (χ4n) is 7.35. The number of rotatable bonds is 1. The molecule has 3 aliphatic heterocycles. The van der Waals surface area contributed by atoms with E-state index in [0.29, 0.717) is 5.75 Å². The van der Waals surface area contributed by atoms with Gasteiger partial charge in [0.2, 0.25) is 6.71 Å². The predicted octanol–water partition coefficient (Wildman–Crippen LogP) is 6.58. The van der Waals surface area contributed by atoms with E-state index in [1.807, 2.05) is 35.7 Å². The number of phenolic OH excluding ortho intramolecular Hbond substituents is 1. The predicted molar refractivity (Wildman–Crippen MR) is 170 cm³/mol.